The molecule has 0 saturated carbocycles. The first-order valence-corrected chi connectivity index (χ1v) is 9.45. The number of urea groups is 1. The van der Waals surface area contributed by atoms with Crippen LogP contribution < -0.4 is 15.5 Å². The van der Waals surface area contributed by atoms with Crippen molar-refractivity contribution in [3.8, 4) is 0 Å². The van der Waals surface area contributed by atoms with Gasteiger partial charge in [0.1, 0.15) is 0 Å². The Balaban J connectivity index is 1.56. The second kappa shape index (κ2) is 7.81. The fourth-order valence-corrected chi connectivity index (χ4v) is 3.25. The number of anilines is 3. The van der Waals surface area contributed by atoms with Gasteiger partial charge in [0.2, 0.25) is 0 Å². The maximum absolute atomic E-state index is 12.2. The highest BCUT2D eigenvalue weighted by molar-refractivity contribution is 5.99. The Labute approximate surface area is 156 Å². The fraction of sp³-hybridized carbons (Fsp3) is 0.409. The number of benzene rings is 2. The van der Waals surface area contributed by atoms with Crippen molar-refractivity contribution in [3.63, 3.8) is 0 Å². The van der Waals surface area contributed by atoms with Crippen LogP contribution in [0.15, 0.2) is 48.5 Å². The van der Waals surface area contributed by atoms with Gasteiger partial charge in [0, 0.05) is 30.2 Å². The van der Waals surface area contributed by atoms with Gasteiger partial charge in [-0.2, -0.15) is 0 Å². The second-order valence-corrected chi connectivity index (χ2v) is 8.00. The summed E-state index contributed by atoms with van der Waals surface area (Å²) in [6.07, 6.45) is 3.85. The lowest BCUT2D eigenvalue weighted by Crippen LogP contribution is -2.29. The van der Waals surface area contributed by atoms with Crippen LogP contribution in [0.3, 0.4) is 0 Å². The molecule has 4 nitrogen and oxygen atoms in total. The van der Waals surface area contributed by atoms with E-state index in [0.717, 1.165) is 24.5 Å². The van der Waals surface area contributed by atoms with Gasteiger partial charge in [-0.15, -0.1) is 0 Å². The van der Waals surface area contributed by atoms with Crippen LogP contribution in [0.5, 0.6) is 0 Å². The van der Waals surface area contributed by atoms with Crippen LogP contribution in [0.4, 0.5) is 21.9 Å². The summed E-state index contributed by atoms with van der Waals surface area (Å²) in [4.78, 5) is 14.6. The third-order valence-corrected chi connectivity index (χ3v) is 4.86. The van der Waals surface area contributed by atoms with Crippen LogP contribution >= 0.6 is 0 Å². The van der Waals surface area contributed by atoms with Crippen LogP contribution in [0.2, 0.25) is 0 Å². The Morgan fingerprint density at radius 1 is 0.808 bits per heavy atom. The van der Waals surface area contributed by atoms with E-state index in [9.17, 15) is 4.79 Å². The average molecular weight is 351 g/mol. The monoisotopic (exact) mass is 351 g/mol. The van der Waals surface area contributed by atoms with E-state index in [4.69, 9.17) is 0 Å². The summed E-state index contributed by atoms with van der Waals surface area (Å²) in [7, 11) is 0. The fourth-order valence-electron chi connectivity index (χ4n) is 3.25. The first-order chi connectivity index (χ1) is 12.4. The zero-order chi connectivity index (χ0) is 18.6. The molecule has 0 bridgehead atoms. The molecule has 1 heterocycles. The normalized spacial score (nSPS) is 14.8. The molecule has 138 valence electrons. The van der Waals surface area contributed by atoms with Crippen molar-refractivity contribution >= 4 is 23.1 Å². The van der Waals surface area contributed by atoms with E-state index >= 15 is 0 Å². The zero-order valence-electron chi connectivity index (χ0n) is 16.0. The highest BCUT2D eigenvalue weighted by Gasteiger charge is 2.13. The highest BCUT2D eigenvalue weighted by atomic mass is 16.2. The number of carbonyl (C=O) groups excluding carboxylic acids is 1. The van der Waals surface area contributed by atoms with Crippen molar-refractivity contribution in [2.24, 2.45) is 0 Å². The van der Waals surface area contributed by atoms with Crippen molar-refractivity contribution in [2.45, 2.75) is 45.4 Å². The van der Waals surface area contributed by atoms with Gasteiger partial charge in [0.05, 0.1) is 0 Å². The van der Waals surface area contributed by atoms with Gasteiger partial charge in [-0.1, -0.05) is 32.9 Å². The van der Waals surface area contributed by atoms with E-state index in [0.29, 0.717) is 0 Å². The van der Waals surface area contributed by atoms with Crippen LogP contribution in [-0.4, -0.2) is 19.1 Å². The molecule has 1 aliphatic rings. The Morgan fingerprint density at radius 3 is 1.81 bits per heavy atom. The summed E-state index contributed by atoms with van der Waals surface area (Å²) in [5.74, 6) is 0. The standard InChI is InChI=1S/C22H29N3O/c1-22(2,3)17-7-9-18(10-8-17)23-21(26)24-19-11-13-20(14-12-19)25-15-5-4-6-16-25/h7-14H,4-6,15-16H2,1-3H3,(H2,23,24,26). The molecule has 2 N–H and O–H groups in total. The number of hydrogen-bond donors (Lipinski definition) is 2. The molecule has 0 aromatic heterocycles. The molecule has 0 atom stereocenters. The van der Waals surface area contributed by atoms with Crippen LogP contribution in [0.25, 0.3) is 0 Å². The Bertz CT molecular complexity index is 723. The molecule has 0 radical (unpaired) electrons. The molecule has 0 unspecified atom stereocenters. The molecule has 1 aliphatic heterocycles. The smallest absolute Gasteiger partial charge is 0.323 e. The predicted octanol–water partition coefficient (Wildman–Crippen LogP) is 5.62. The molecule has 4 heteroatoms. The quantitative estimate of drug-likeness (QED) is 0.754. The molecular formula is C22H29N3O. The molecule has 0 spiro atoms. The molecular weight excluding hydrogens is 322 g/mol. The highest BCUT2D eigenvalue weighted by Crippen LogP contribution is 2.24. The minimum absolute atomic E-state index is 0.108. The van der Waals surface area contributed by atoms with E-state index in [-0.39, 0.29) is 11.4 Å². The molecule has 0 aliphatic carbocycles. The number of carbonyl (C=O) groups is 1. The van der Waals surface area contributed by atoms with E-state index < -0.39 is 0 Å². The average Bonchev–Trinajstić information content (AvgIpc) is 2.63. The molecule has 1 saturated heterocycles. The van der Waals surface area contributed by atoms with E-state index in [1.54, 1.807) is 0 Å². The number of amides is 2. The number of nitrogens with zero attached hydrogens (tertiary/aromatic N) is 1. The molecule has 2 amide bonds. The molecule has 26 heavy (non-hydrogen) atoms. The molecule has 2 aromatic carbocycles. The van der Waals surface area contributed by atoms with Crippen molar-refractivity contribution < 1.29 is 4.79 Å². The number of piperidine rings is 1. The van der Waals surface area contributed by atoms with E-state index in [2.05, 4.69) is 60.6 Å². The van der Waals surface area contributed by atoms with Gasteiger partial charge in [-0.3, -0.25) is 0 Å². The van der Waals surface area contributed by atoms with Crippen LogP contribution in [0.1, 0.15) is 45.6 Å². The number of nitrogens with one attached hydrogen (secondary N) is 2. The topological polar surface area (TPSA) is 44.4 Å². The van der Waals surface area contributed by atoms with Gasteiger partial charge in [-0.05, 0) is 66.6 Å². The summed E-state index contributed by atoms with van der Waals surface area (Å²) in [5.41, 5.74) is 4.18. The number of hydrogen-bond acceptors (Lipinski definition) is 2. The lowest BCUT2D eigenvalue weighted by atomic mass is 9.87. The van der Waals surface area contributed by atoms with Crippen molar-refractivity contribution in [1.29, 1.82) is 0 Å². The Morgan fingerprint density at radius 2 is 1.31 bits per heavy atom. The van der Waals surface area contributed by atoms with Crippen LogP contribution in [0, 0.1) is 0 Å². The van der Waals surface area contributed by atoms with Gasteiger partial charge in [0.15, 0.2) is 0 Å². The van der Waals surface area contributed by atoms with E-state index in [1.807, 2.05) is 24.3 Å². The van der Waals surface area contributed by atoms with Gasteiger partial charge >= 0.3 is 6.03 Å². The van der Waals surface area contributed by atoms with Gasteiger partial charge in [0.25, 0.3) is 0 Å². The Kier molecular flexibility index (Phi) is 5.50. The number of rotatable bonds is 3. The third-order valence-electron chi connectivity index (χ3n) is 4.86. The summed E-state index contributed by atoms with van der Waals surface area (Å²) in [6, 6.07) is 15.9. The molecule has 2 aromatic rings. The van der Waals surface area contributed by atoms with Crippen molar-refractivity contribution in [1.82, 2.24) is 0 Å². The summed E-state index contributed by atoms with van der Waals surface area (Å²) in [6.45, 7) is 8.77. The maximum atomic E-state index is 12.2. The molecule has 3 rings (SSSR count). The van der Waals surface area contributed by atoms with Crippen molar-refractivity contribution in [3.05, 3.63) is 54.1 Å². The Hall–Kier alpha value is -2.49. The van der Waals surface area contributed by atoms with Crippen molar-refractivity contribution in [2.75, 3.05) is 28.6 Å². The zero-order valence-corrected chi connectivity index (χ0v) is 16.0. The first kappa shape index (κ1) is 18.3. The van der Waals surface area contributed by atoms with Gasteiger partial charge in [-0.25, -0.2) is 4.79 Å². The van der Waals surface area contributed by atoms with Gasteiger partial charge < -0.3 is 15.5 Å². The van der Waals surface area contributed by atoms with E-state index in [1.165, 1.54) is 30.5 Å². The maximum Gasteiger partial charge on any atom is 0.323 e. The summed E-state index contributed by atoms with van der Waals surface area (Å²) < 4.78 is 0. The SMILES string of the molecule is CC(C)(C)c1ccc(NC(=O)Nc2ccc(N3CCCCC3)cc2)cc1. The lowest BCUT2D eigenvalue weighted by molar-refractivity contribution is 0.262. The minimum atomic E-state index is -0.223. The molecule has 1 fully saturated rings. The third kappa shape index (κ3) is 4.78. The van der Waals surface area contributed by atoms with Crippen LogP contribution in [-0.2, 0) is 5.41 Å². The lowest BCUT2D eigenvalue weighted by Gasteiger charge is -2.28. The minimum Gasteiger partial charge on any atom is -0.372 e. The first-order valence-electron chi connectivity index (χ1n) is 9.45. The summed E-state index contributed by atoms with van der Waals surface area (Å²) >= 11 is 0. The second-order valence-electron chi connectivity index (χ2n) is 8.00. The predicted molar refractivity (Wildman–Crippen MR) is 110 cm³/mol. The summed E-state index contributed by atoms with van der Waals surface area (Å²) in [5, 5.41) is 5.78. The largest absolute Gasteiger partial charge is 0.372 e.